The Morgan fingerprint density at radius 3 is 1.79 bits per heavy atom. The zero-order valence-corrected chi connectivity index (χ0v) is 26.9. The summed E-state index contributed by atoms with van der Waals surface area (Å²) in [5.74, 6) is -4.08. The first kappa shape index (κ1) is 33.1. The van der Waals surface area contributed by atoms with Gasteiger partial charge in [-0.15, -0.1) is 0 Å². The maximum absolute atomic E-state index is 13.5. The minimum Gasteiger partial charge on any atom is -0.466 e. The first-order chi connectivity index (χ1) is 22.6. The van der Waals surface area contributed by atoms with Crippen LogP contribution in [0.25, 0.3) is 0 Å². The van der Waals surface area contributed by atoms with Crippen molar-refractivity contribution >= 4 is 23.9 Å². The van der Waals surface area contributed by atoms with Crippen LogP contribution >= 0.6 is 0 Å². The van der Waals surface area contributed by atoms with Gasteiger partial charge in [0.15, 0.2) is 0 Å². The van der Waals surface area contributed by atoms with Crippen LogP contribution in [0.1, 0.15) is 77.8 Å². The van der Waals surface area contributed by atoms with Gasteiger partial charge >= 0.3 is 23.9 Å². The molecule has 0 spiro atoms. The summed E-state index contributed by atoms with van der Waals surface area (Å²) in [5, 5.41) is 0. The Labute approximate surface area is 272 Å². The topological polar surface area (TPSA) is 141 Å². The molecule has 0 aliphatic heterocycles. The van der Waals surface area contributed by atoms with Crippen LogP contribution in [-0.4, -0.2) is 68.9 Å². The van der Waals surface area contributed by atoms with Gasteiger partial charge in [0.2, 0.25) is 11.7 Å². The third-order valence-corrected chi connectivity index (χ3v) is 8.84. The molecule has 0 radical (unpaired) electrons. The maximum atomic E-state index is 13.5. The molecule has 2 aromatic heterocycles. The summed E-state index contributed by atoms with van der Waals surface area (Å²) in [4.78, 5) is 61.1. The van der Waals surface area contributed by atoms with Crippen molar-refractivity contribution in [3.05, 3.63) is 108 Å². The molecule has 0 amide bonds. The number of imidazole rings is 2. The monoisotopic (exact) mass is 642 g/mol. The fourth-order valence-corrected chi connectivity index (χ4v) is 5.98. The summed E-state index contributed by atoms with van der Waals surface area (Å²) < 4.78 is 25.0. The van der Waals surface area contributed by atoms with E-state index in [1.54, 1.807) is 16.1 Å². The van der Waals surface area contributed by atoms with Crippen molar-refractivity contribution < 1.29 is 38.1 Å². The average molecular weight is 643 g/mol. The van der Waals surface area contributed by atoms with Gasteiger partial charge in [0.05, 0.1) is 51.4 Å². The molecule has 1 fully saturated rings. The number of hydrogen-bond donors (Lipinski definition) is 0. The minimum absolute atomic E-state index is 0.160. The Morgan fingerprint density at radius 1 is 0.787 bits per heavy atom. The van der Waals surface area contributed by atoms with Gasteiger partial charge in [-0.3, -0.25) is 0 Å². The Balaban J connectivity index is 1.30. The molecular formula is C35H38N4O8. The lowest BCUT2D eigenvalue weighted by molar-refractivity contribution is -0.155. The van der Waals surface area contributed by atoms with E-state index in [0.29, 0.717) is 0 Å². The zero-order valence-electron chi connectivity index (χ0n) is 26.9. The minimum atomic E-state index is -1.57. The van der Waals surface area contributed by atoms with Crippen molar-refractivity contribution in [1.29, 1.82) is 0 Å². The highest BCUT2D eigenvalue weighted by molar-refractivity contribution is 5.93. The molecule has 4 aromatic rings. The van der Waals surface area contributed by atoms with Crippen LogP contribution in [0.15, 0.2) is 85.7 Å². The molecule has 5 rings (SSSR count). The number of hydrogen-bond acceptors (Lipinski definition) is 10. The van der Waals surface area contributed by atoms with Gasteiger partial charge in [-0.1, -0.05) is 67.6 Å². The third kappa shape index (κ3) is 6.81. The van der Waals surface area contributed by atoms with Crippen LogP contribution in [-0.2, 0) is 28.5 Å². The van der Waals surface area contributed by atoms with E-state index in [1.807, 2.05) is 74.5 Å². The summed E-state index contributed by atoms with van der Waals surface area (Å²) in [5.41, 5.74) is 0.678. The summed E-state index contributed by atoms with van der Waals surface area (Å²) in [6, 6.07) is 18.7. The van der Waals surface area contributed by atoms with Crippen molar-refractivity contribution in [2.45, 2.75) is 57.4 Å². The summed E-state index contributed by atoms with van der Waals surface area (Å²) in [6.07, 6.45) is 4.89. The molecule has 1 aliphatic rings. The number of benzene rings is 2. The number of methoxy groups -OCH3 is 2. The molecule has 12 heteroatoms. The Bertz CT molecular complexity index is 1720. The van der Waals surface area contributed by atoms with E-state index < -0.39 is 47.4 Å². The van der Waals surface area contributed by atoms with Gasteiger partial charge in [-0.05, 0) is 31.4 Å². The summed E-state index contributed by atoms with van der Waals surface area (Å²) in [7, 11) is 2.42. The second-order valence-electron chi connectivity index (χ2n) is 11.8. The van der Waals surface area contributed by atoms with Crippen LogP contribution in [0.2, 0.25) is 0 Å². The number of rotatable bonds is 13. The van der Waals surface area contributed by atoms with Crippen LogP contribution in [0.4, 0.5) is 0 Å². The van der Waals surface area contributed by atoms with Crippen molar-refractivity contribution in [3.63, 3.8) is 0 Å². The lowest BCUT2D eigenvalue weighted by atomic mass is 9.96. The normalized spacial score (nSPS) is 19.5. The molecule has 2 heterocycles. The molecule has 1 saturated carbocycles. The number of nitrogens with zero attached hydrogens (tertiary/aromatic N) is 4. The molecule has 0 bridgehead atoms. The maximum Gasteiger partial charge on any atom is 0.357 e. The van der Waals surface area contributed by atoms with E-state index in [0.717, 1.165) is 11.1 Å². The number of carbonyl (C=O) groups excluding carboxylic acids is 4. The Morgan fingerprint density at radius 2 is 1.30 bits per heavy atom. The molecule has 6 atom stereocenters. The molecule has 47 heavy (non-hydrogen) atoms. The quantitative estimate of drug-likeness (QED) is 0.147. The standard InChI is InChI=1S/C35H38N4O8/c1-22(30(33(42)44-4)46-31(40)28-18-36-20-38(28)23(2)25-12-8-6-9-13-25)16-27-17-35(27,34(43)45-5)47-32(41)29-19-37-21-39(29)24(3)26-14-10-7-11-15-26/h6-15,18-24,27,30H,16-17H2,1-5H3/t22-,23-,24-,27?,30-,35?/m1/s1. The number of carbonyl (C=O) groups is 4. The lowest BCUT2D eigenvalue weighted by Crippen LogP contribution is -2.37. The summed E-state index contributed by atoms with van der Waals surface area (Å²) >= 11 is 0. The van der Waals surface area contributed by atoms with Crippen molar-refractivity contribution in [2.24, 2.45) is 11.8 Å². The van der Waals surface area contributed by atoms with Crippen LogP contribution < -0.4 is 0 Å². The Kier molecular flexibility index (Phi) is 9.88. The molecular weight excluding hydrogens is 604 g/mol. The van der Waals surface area contributed by atoms with Gasteiger partial charge in [-0.25, -0.2) is 29.1 Å². The second-order valence-corrected chi connectivity index (χ2v) is 11.8. The molecule has 2 unspecified atom stereocenters. The predicted molar refractivity (Wildman–Crippen MR) is 168 cm³/mol. The first-order valence-corrected chi connectivity index (χ1v) is 15.3. The molecule has 1 aliphatic carbocycles. The average Bonchev–Trinajstić information content (AvgIpc) is 3.45. The lowest BCUT2D eigenvalue weighted by Gasteiger charge is -2.24. The highest BCUT2D eigenvalue weighted by Crippen LogP contribution is 2.52. The van der Waals surface area contributed by atoms with Crippen LogP contribution in [0.5, 0.6) is 0 Å². The zero-order chi connectivity index (χ0) is 33.7. The largest absolute Gasteiger partial charge is 0.466 e. The number of esters is 4. The molecule has 0 N–H and O–H groups in total. The number of aromatic nitrogens is 4. The first-order valence-electron chi connectivity index (χ1n) is 15.3. The fourth-order valence-electron chi connectivity index (χ4n) is 5.98. The molecule has 246 valence electrons. The Hall–Kier alpha value is -5.26. The molecule has 0 saturated heterocycles. The van der Waals surface area contributed by atoms with E-state index in [9.17, 15) is 19.2 Å². The SMILES string of the molecule is COC(=O)[C@H](OC(=O)c1cncn1[C@H](C)c1ccccc1)[C@H](C)CC1CC1(OC(=O)c1cncn1[C@H](C)c1ccccc1)C(=O)OC. The van der Waals surface area contributed by atoms with Crippen LogP contribution in [0, 0.1) is 11.8 Å². The summed E-state index contributed by atoms with van der Waals surface area (Å²) in [6.45, 7) is 5.55. The van der Waals surface area contributed by atoms with E-state index >= 15 is 0 Å². The van der Waals surface area contributed by atoms with Gasteiger partial charge in [0.1, 0.15) is 11.4 Å². The predicted octanol–water partition coefficient (Wildman–Crippen LogP) is 4.81. The highest BCUT2D eigenvalue weighted by Gasteiger charge is 2.65. The molecule has 2 aromatic carbocycles. The van der Waals surface area contributed by atoms with E-state index in [2.05, 4.69) is 9.97 Å². The highest BCUT2D eigenvalue weighted by atomic mass is 16.6. The van der Waals surface area contributed by atoms with Gasteiger partial charge < -0.3 is 28.1 Å². The smallest absolute Gasteiger partial charge is 0.357 e. The van der Waals surface area contributed by atoms with Crippen molar-refractivity contribution in [2.75, 3.05) is 14.2 Å². The van der Waals surface area contributed by atoms with E-state index in [4.69, 9.17) is 18.9 Å². The van der Waals surface area contributed by atoms with E-state index in [-0.39, 0.29) is 36.3 Å². The third-order valence-electron chi connectivity index (χ3n) is 8.84. The second kappa shape index (κ2) is 14.0. The van der Waals surface area contributed by atoms with Gasteiger partial charge in [0.25, 0.3) is 0 Å². The van der Waals surface area contributed by atoms with E-state index in [1.165, 1.54) is 39.3 Å². The van der Waals surface area contributed by atoms with Crippen LogP contribution in [0.3, 0.4) is 0 Å². The number of ether oxygens (including phenoxy) is 4. The van der Waals surface area contributed by atoms with Gasteiger partial charge in [-0.2, -0.15) is 0 Å². The van der Waals surface area contributed by atoms with Crippen molar-refractivity contribution in [3.8, 4) is 0 Å². The fraction of sp³-hybridized carbons (Fsp3) is 0.371. The van der Waals surface area contributed by atoms with Gasteiger partial charge in [0, 0.05) is 18.3 Å². The van der Waals surface area contributed by atoms with Crippen molar-refractivity contribution in [1.82, 2.24) is 19.1 Å². The molecule has 12 nitrogen and oxygen atoms in total.